The Labute approximate surface area is 215 Å². The molecule has 2 fully saturated rings. The highest BCUT2D eigenvalue weighted by Crippen LogP contribution is 2.38. The second-order valence-corrected chi connectivity index (χ2v) is 10.9. The number of halogens is 1. The van der Waals surface area contributed by atoms with Crippen LogP contribution in [0.25, 0.3) is 0 Å². The maximum absolute atomic E-state index is 9.14. The molecule has 2 aliphatic carbocycles. The van der Waals surface area contributed by atoms with E-state index in [9.17, 15) is 0 Å². The number of aliphatic hydroxyl groups excluding tert-OH is 1. The van der Waals surface area contributed by atoms with Gasteiger partial charge in [0.05, 0.1) is 14.2 Å². The van der Waals surface area contributed by atoms with E-state index in [0.29, 0.717) is 18.4 Å². The first kappa shape index (κ1) is 27.1. The third-order valence-corrected chi connectivity index (χ3v) is 8.87. The highest BCUT2D eigenvalue weighted by Gasteiger charge is 2.23. The monoisotopic (exact) mass is 530 g/mol. The van der Waals surface area contributed by atoms with Crippen LogP contribution in [0.5, 0.6) is 11.5 Å². The number of alkyl halides is 1. The van der Waals surface area contributed by atoms with Gasteiger partial charge in [-0.3, -0.25) is 0 Å². The van der Waals surface area contributed by atoms with E-state index in [1.54, 1.807) is 14.2 Å². The summed E-state index contributed by atoms with van der Waals surface area (Å²) in [7, 11) is 3.46. The Morgan fingerprint density at radius 2 is 1.12 bits per heavy atom. The summed E-state index contributed by atoms with van der Waals surface area (Å²) in [6, 6.07) is 13.2. The molecule has 0 atom stereocenters. The number of aliphatic hydroxyl groups is 1. The van der Waals surface area contributed by atoms with E-state index in [-0.39, 0.29) is 0 Å². The topological polar surface area (TPSA) is 38.7 Å². The maximum atomic E-state index is 9.14. The Hall–Kier alpha value is -1.52. The van der Waals surface area contributed by atoms with E-state index < -0.39 is 0 Å². The zero-order valence-corrected chi connectivity index (χ0v) is 23.1. The molecular weight excluding hydrogens is 488 g/mol. The molecule has 3 nitrogen and oxygen atoms in total. The minimum Gasteiger partial charge on any atom is -0.496 e. The van der Waals surface area contributed by atoms with Crippen LogP contribution in [0.2, 0.25) is 0 Å². The molecule has 0 spiro atoms. The Morgan fingerprint density at radius 3 is 1.44 bits per heavy atom. The largest absolute Gasteiger partial charge is 0.496 e. The minimum absolute atomic E-state index is 0.356. The molecule has 0 aliphatic heterocycles. The third-order valence-electron chi connectivity index (χ3n) is 7.95. The lowest BCUT2D eigenvalue weighted by Gasteiger charge is -2.28. The molecule has 2 aliphatic rings. The first-order valence-electron chi connectivity index (χ1n) is 12.9. The van der Waals surface area contributed by atoms with Crippen molar-refractivity contribution >= 4 is 15.9 Å². The highest BCUT2D eigenvalue weighted by molar-refractivity contribution is 9.09. The summed E-state index contributed by atoms with van der Waals surface area (Å²) in [5.74, 6) is 4.83. The molecule has 0 unspecified atom stereocenters. The zero-order chi connectivity index (χ0) is 24.5. The van der Waals surface area contributed by atoms with Crippen molar-refractivity contribution in [2.24, 2.45) is 11.8 Å². The molecule has 0 radical (unpaired) electrons. The molecule has 0 heterocycles. The lowest BCUT2D eigenvalue weighted by Crippen LogP contribution is -2.16. The predicted octanol–water partition coefficient (Wildman–Crippen LogP) is 7.94. The zero-order valence-electron chi connectivity index (χ0n) is 21.5. The quantitative estimate of drug-likeness (QED) is 0.385. The van der Waals surface area contributed by atoms with Gasteiger partial charge in [-0.1, -0.05) is 40.2 Å². The fraction of sp³-hybridized carbons (Fsp3) is 0.600. The number of aryl methyl sites for hydroxylation is 2. The number of hydrogen-bond donors (Lipinski definition) is 1. The number of rotatable bonds is 6. The summed E-state index contributed by atoms with van der Waals surface area (Å²) in [5, 5.41) is 10.3. The molecule has 2 aromatic rings. The highest BCUT2D eigenvalue weighted by atomic mass is 79.9. The van der Waals surface area contributed by atoms with Crippen LogP contribution in [0.1, 0.15) is 85.5 Å². The molecule has 4 heteroatoms. The van der Waals surface area contributed by atoms with Crippen LogP contribution in [-0.2, 0) is 0 Å². The van der Waals surface area contributed by atoms with Crippen molar-refractivity contribution in [3.63, 3.8) is 0 Å². The molecule has 1 N–H and O–H groups in total. The Morgan fingerprint density at radius 1 is 0.706 bits per heavy atom. The van der Waals surface area contributed by atoms with E-state index in [1.807, 2.05) is 0 Å². The fourth-order valence-corrected chi connectivity index (χ4v) is 6.29. The molecule has 0 bridgehead atoms. The lowest BCUT2D eigenvalue weighted by atomic mass is 9.79. The molecule has 0 saturated heterocycles. The van der Waals surface area contributed by atoms with E-state index in [0.717, 1.165) is 36.2 Å². The van der Waals surface area contributed by atoms with Crippen LogP contribution in [-0.4, -0.2) is 31.3 Å². The minimum atomic E-state index is 0.356. The van der Waals surface area contributed by atoms with Crippen molar-refractivity contribution in [3.8, 4) is 11.5 Å². The van der Waals surface area contributed by atoms with Gasteiger partial charge < -0.3 is 14.6 Å². The number of methoxy groups -OCH3 is 2. The SMILES string of the molecule is COc1ccc(C2CCC(CBr)CC2)cc1C.COc1ccc(C2CCC(CO)CC2)cc1C. The summed E-state index contributed by atoms with van der Waals surface area (Å²) in [6.45, 7) is 4.59. The van der Waals surface area contributed by atoms with Crippen LogP contribution in [0.15, 0.2) is 36.4 Å². The van der Waals surface area contributed by atoms with Crippen molar-refractivity contribution in [2.75, 3.05) is 26.2 Å². The Kier molecular flexibility index (Phi) is 10.8. The van der Waals surface area contributed by atoms with Crippen molar-refractivity contribution in [3.05, 3.63) is 58.7 Å². The van der Waals surface area contributed by atoms with Crippen LogP contribution < -0.4 is 9.47 Å². The Bertz CT molecular complexity index is 807. The van der Waals surface area contributed by atoms with Crippen molar-refractivity contribution in [1.29, 1.82) is 0 Å². The first-order chi connectivity index (χ1) is 16.5. The van der Waals surface area contributed by atoms with Crippen LogP contribution in [0.4, 0.5) is 0 Å². The van der Waals surface area contributed by atoms with Gasteiger partial charge in [-0.25, -0.2) is 0 Å². The van der Waals surface area contributed by atoms with E-state index in [2.05, 4.69) is 66.2 Å². The number of ether oxygens (including phenoxy) is 2. The molecule has 4 rings (SSSR count). The lowest BCUT2D eigenvalue weighted by molar-refractivity contribution is 0.182. The van der Waals surface area contributed by atoms with Gasteiger partial charge in [0.15, 0.2) is 0 Å². The molecule has 2 aromatic carbocycles. The Balaban J connectivity index is 0.000000191. The average Bonchev–Trinajstić information content (AvgIpc) is 2.89. The van der Waals surface area contributed by atoms with E-state index >= 15 is 0 Å². The second-order valence-electron chi connectivity index (χ2n) is 10.2. The standard InChI is InChI=1S/C15H21BrO.C15H22O2/c2*1-11-9-14(7-8-15(11)17-2)13-5-3-12(10-16)4-6-13/h7-9,12-13H,3-6,10H2,1-2H3;7-9,12-13,16H,3-6,10H2,1-2H3. The molecule has 34 heavy (non-hydrogen) atoms. The third kappa shape index (κ3) is 7.24. The van der Waals surface area contributed by atoms with Crippen molar-refractivity contribution in [1.82, 2.24) is 0 Å². The summed E-state index contributed by atoms with van der Waals surface area (Å²) >= 11 is 3.60. The van der Waals surface area contributed by atoms with Crippen LogP contribution in [0.3, 0.4) is 0 Å². The van der Waals surface area contributed by atoms with Crippen LogP contribution >= 0.6 is 15.9 Å². The summed E-state index contributed by atoms with van der Waals surface area (Å²) in [6.07, 6.45) is 10.1. The van der Waals surface area contributed by atoms with Crippen molar-refractivity contribution < 1.29 is 14.6 Å². The molecular formula is C30H43BrO3. The predicted molar refractivity (Wildman–Crippen MR) is 146 cm³/mol. The van der Waals surface area contributed by atoms with E-state index in [4.69, 9.17) is 14.6 Å². The second kappa shape index (κ2) is 13.5. The smallest absolute Gasteiger partial charge is 0.121 e. The molecule has 0 aromatic heterocycles. The molecule has 2 saturated carbocycles. The maximum Gasteiger partial charge on any atom is 0.121 e. The fourth-order valence-electron chi connectivity index (χ4n) is 5.64. The van der Waals surface area contributed by atoms with Gasteiger partial charge in [0.25, 0.3) is 0 Å². The normalized spacial score (nSPS) is 24.6. The summed E-state index contributed by atoms with van der Waals surface area (Å²) < 4.78 is 10.6. The van der Waals surface area contributed by atoms with Crippen LogP contribution in [0, 0.1) is 25.7 Å². The van der Waals surface area contributed by atoms with Gasteiger partial charge in [-0.15, -0.1) is 0 Å². The van der Waals surface area contributed by atoms with Gasteiger partial charge >= 0.3 is 0 Å². The van der Waals surface area contributed by atoms with Crippen molar-refractivity contribution in [2.45, 2.75) is 77.0 Å². The number of hydrogen-bond acceptors (Lipinski definition) is 3. The van der Waals surface area contributed by atoms with Gasteiger partial charge in [0.1, 0.15) is 11.5 Å². The van der Waals surface area contributed by atoms with Gasteiger partial charge in [-0.2, -0.15) is 0 Å². The molecule has 0 amide bonds. The van der Waals surface area contributed by atoms with E-state index in [1.165, 1.54) is 66.1 Å². The van der Waals surface area contributed by atoms with Gasteiger partial charge in [0.2, 0.25) is 0 Å². The number of benzene rings is 2. The molecule has 188 valence electrons. The average molecular weight is 532 g/mol. The van der Waals surface area contributed by atoms with Gasteiger partial charge in [0, 0.05) is 11.9 Å². The summed E-state index contributed by atoms with van der Waals surface area (Å²) in [4.78, 5) is 0. The first-order valence-corrected chi connectivity index (χ1v) is 14.1. The summed E-state index contributed by atoms with van der Waals surface area (Å²) in [5.41, 5.74) is 5.40. The van der Waals surface area contributed by atoms with Gasteiger partial charge in [-0.05, 0) is 123 Å².